The molecule has 0 radical (unpaired) electrons. The lowest BCUT2D eigenvalue weighted by Gasteiger charge is -2.20. The largest absolute Gasteiger partial charge is 0.370 e. The zero-order chi connectivity index (χ0) is 8.10. The molecule has 1 unspecified atom stereocenters. The van der Waals surface area contributed by atoms with E-state index in [1.165, 1.54) is 0 Å². The van der Waals surface area contributed by atoms with Crippen molar-refractivity contribution in [3.63, 3.8) is 0 Å². The van der Waals surface area contributed by atoms with Crippen molar-refractivity contribution in [3.8, 4) is 0 Å². The Kier molecular flexibility index (Phi) is 3.52. The summed E-state index contributed by atoms with van der Waals surface area (Å²) in [6, 6.07) is 0. The van der Waals surface area contributed by atoms with Crippen LogP contribution in [0.2, 0.25) is 0 Å². The molecule has 1 fully saturated rings. The Labute approximate surface area is 66.9 Å². The first-order chi connectivity index (χ1) is 5.34. The maximum Gasteiger partial charge on any atom is 0.162 e. The standard InChI is InChI=1S/C8H15NO2/c9-5-4-7(10)8-3-1-2-6-11-8/h8H,1-6,9H2. The average molecular weight is 157 g/mol. The number of hydrogen-bond donors (Lipinski definition) is 1. The Balaban J connectivity index is 2.27. The minimum absolute atomic E-state index is 0.146. The number of Topliss-reactive ketones (excluding diaryl/α,β-unsaturated/α-hetero) is 1. The number of ketones is 1. The van der Waals surface area contributed by atoms with E-state index in [0.717, 1.165) is 25.9 Å². The van der Waals surface area contributed by atoms with E-state index in [0.29, 0.717) is 13.0 Å². The first kappa shape index (κ1) is 8.68. The van der Waals surface area contributed by atoms with Crippen LogP contribution in [0.4, 0.5) is 0 Å². The molecule has 0 aromatic heterocycles. The third-order valence-corrected chi connectivity index (χ3v) is 1.93. The predicted octanol–water partition coefficient (Wildman–Crippen LogP) is 0.473. The topological polar surface area (TPSA) is 52.3 Å². The fraction of sp³-hybridized carbons (Fsp3) is 0.875. The van der Waals surface area contributed by atoms with Crippen LogP contribution < -0.4 is 5.73 Å². The summed E-state index contributed by atoms with van der Waals surface area (Å²) in [5, 5.41) is 0. The minimum Gasteiger partial charge on any atom is -0.370 e. The van der Waals surface area contributed by atoms with Gasteiger partial charge in [0.15, 0.2) is 5.78 Å². The molecule has 3 heteroatoms. The monoisotopic (exact) mass is 157 g/mol. The summed E-state index contributed by atoms with van der Waals surface area (Å²) in [4.78, 5) is 11.2. The molecule has 1 aliphatic rings. The van der Waals surface area contributed by atoms with Gasteiger partial charge in [-0.1, -0.05) is 0 Å². The van der Waals surface area contributed by atoms with Crippen LogP contribution >= 0.6 is 0 Å². The van der Waals surface area contributed by atoms with Crippen LogP contribution in [-0.2, 0) is 9.53 Å². The third kappa shape index (κ3) is 2.60. The Bertz CT molecular complexity index is 130. The number of rotatable bonds is 3. The van der Waals surface area contributed by atoms with E-state index in [2.05, 4.69) is 0 Å². The first-order valence-electron chi connectivity index (χ1n) is 4.19. The Morgan fingerprint density at radius 2 is 2.36 bits per heavy atom. The highest BCUT2D eigenvalue weighted by molar-refractivity contribution is 5.83. The van der Waals surface area contributed by atoms with Gasteiger partial charge in [-0.2, -0.15) is 0 Å². The number of carbonyl (C=O) groups is 1. The molecule has 0 spiro atoms. The smallest absolute Gasteiger partial charge is 0.162 e. The van der Waals surface area contributed by atoms with Gasteiger partial charge in [0.05, 0.1) is 0 Å². The maximum absolute atomic E-state index is 11.2. The van der Waals surface area contributed by atoms with Crippen LogP contribution in [0.1, 0.15) is 25.7 Å². The SMILES string of the molecule is NCCC(=O)C1CCCCO1. The van der Waals surface area contributed by atoms with Gasteiger partial charge in [0, 0.05) is 13.0 Å². The van der Waals surface area contributed by atoms with Gasteiger partial charge in [-0.25, -0.2) is 0 Å². The first-order valence-corrected chi connectivity index (χ1v) is 4.19. The summed E-state index contributed by atoms with van der Waals surface area (Å²) >= 11 is 0. The van der Waals surface area contributed by atoms with Crippen LogP contribution in [0, 0.1) is 0 Å². The van der Waals surface area contributed by atoms with E-state index >= 15 is 0 Å². The zero-order valence-corrected chi connectivity index (χ0v) is 6.71. The van der Waals surface area contributed by atoms with Crippen LogP contribution in [0.15, 0.2) is 0 Å². The van der Waals surface area contributed by atoms with Gasteiger partial charge in [0.25, 0.3) is 0 Å². The number of ether oxygens (including phenoxy) is 1. The van der Waals surface area contributed by atoms with E-state index in [1.54, 1.807) is 0 Å². The lowest BCUT2D eigenvalue weighted by molar-refractivity contribution is -0.132. The summed E-state index contributed by atoms with van der Waals surface area (Å²) in [6.45, 7) is 1.18. The molecular formula is C8H15NO2. The Morgan fingerprint density at radius 3 is 2.91 bits per heavy atom. The van der Waals surface area contributed by atoms with Gasteiger partial charge < -0.3 is 10.5 Å². The van der Waals surface area contributed by atoms with E-state index < -0.39 is 0 Å². The Morgan fingerprint density at radius 1 is 1.55 bits per heavy atom. The van der Waals surface area contributed by atoms with Crippen molar-refractivity contribution in [1.29, 1.82) is 0 Å². The van der Waals surface area contributed by atoms with Crippen molar-refractivity contribution in [2.24, 2.45) is 5.73 Å². The van der Waals surface area contributed by atoms with Crippen LogP contribution in [0.5, 0.6) is 0 Å². The van der Waals surface area contributed by atoms with E-state index in [-0.39, 0.29) is 11.9 Å². The molecule has 1 saturated heterocycles. The van der Waals surface area contributed by atoms with Crippen LogP contribution in [-0.4, -0.2) is 25.0 Å². The summed E-state index contributed by atoms with van der Waals surface area (Å²) in [6.07, 6.45) is 3.41. The molecule has 1 heterocycles. The highest BCUT2D eigenvalue weighted by atomic mass is 16.5. The number of nitrogens with two attached hydrogens (primary N) is 1. The van der Waals surface area contributed by atoms with Crippen molar-refractivity contribution in [1.82, 2.24) is 0 Å². The van der Waals surface area contributed by atoms with Crippen molar-refractivity contribution in [3.05, 3.63) is 0 Å². The quantitative estimate of drug-likeness (QED) is 0.648. The van der Waals surface area contributed by atoms with Gasteiger partial charge in [-0.05, 0) is 25.8 Å². The average Bonchev–Trinajstić information content (AvgIpc) is 2.07. The molecule has 64 valence electrons. The molecule has 1 atom stereocenters. The van der Waals surface area contributed by atoms with E-state index in [1.807, 2.05) is 0 Å². The van der Waals surface area contributed by atoms with Gasteiger partial charge >= 0.3 is 0 Å². The second-order valence-corrected chi connectivity index (χ2v) is 2.86. The molecule has 1 rings (SSSR count). The zero-order valence-electron chi connectivity index (χ0n) is 6.71. The molecule has 0 saturated carbocycles. The normalized spacial score (nSPS) is 25.0. The maximum atomic E-state index is 11.2. The van der Waals surface area contributed by atoms with Gasteiger partial charge in [-0.3, -0.25) is 4.79 Å². The highest BCUT2D eigenvalue weighted by Crippen LogP contribution is 2.14. The third-order valence-electron chi connectivity index (χ3n) is 1.93. The summed E-state index contributed by atoms with van der Waals surface area (Å²) < 4.78 is 5.29. The molecule has 1 aliphatic heterocycles. The van der Waals surface area contributed by atoms with Gasteiger partial charge in [-0.15, -0.1) is 0 Å². The number of hydrogen-bond acceptors (Lipinski definition) is 3. The Hall–Kier alpha value is -0.410. The van der Waals surface area contributed by atoms with Gasteiger partial charge in [0.1, 0.15) is 6.10 Å². The predicted molar refractivity (Wildman–Crippen MR) is 42.3 cm³/mol. The molecule has 2 N–H and O–H groups in total. The molecule has 0 amide bonds. The second kappa shape index (κ2) is 4.46. The molecule has 3 nitrogen and oxygen atoms in total. The van der Waals surface area contributed by atoms with Crippen molar-refractivity contribution in [2.75, 3.05) is 13.2 Å². The molecule has 0 bridgehead atoms. The number of carbonyl (C=O) groups excluding carboxylic acids is 1. The fourth-order valence-electron chi connectivity index (χ4n) is 1.30. The van der Waals surface area contributed by atoms with Crippen molar-refractivity contribution in [2.45, 2.75) is 31.8 Å². The summed E-state index contributed by atoms with van der Waals surface area (Å²) in [5.74, 6) is 0.173. The molecule has 0 aromatic rings. The molecular weight excluding hydrogens is 142 g/mol. The minimum atomic E-state index is -0.146. The summed E-state index contributed by atoms with van der Waals surface area (Å²) in [5.41, 5.74) is 5.26. The molecule has 0 aromatic carbocycles. The van der Waals surface area contributed by atoms with E-state index in [4.69, 9.17) is 10.5 Å². The fourth-order valence-corrected chi connectivity index (χ4v) is 1.30. The van der Waals surface area contributed by atoms with Crippen molar-refractivity contribution < 1.29 is 9.53 Å². The van der Waals surface area contributed by atoms with Crippen LogP contribution in [0.3, 0.4) is 0 Å². The lowest BCUT2D eigenvalue weighted by Crippen LogP contribution is -2.29. The van der Waals surface area contributed by atoms with E-state index in [9.17, 15) is 4.79 Å². The summed E-state index contributed by atoms with van der Waals surface area (Å²) in [7, 11) is 0. The highest BCUT2D eigenvalue weighted by Gasteiger charge is 2.20. The van der Waals surface area contributed by atoms with Crippen molar-refractivity contribution >= 4 is 5.78 Å². The van der Waals surface area contributed by atoms with Crippen LogP contribution in [0.25, 0.3) is 0 Å². The van der Waals surface area contributed by atoms with Gasteiger partial charge in [0.2, 0.25) is 0 Å². The lowest BCUT2D eigenvalue weighted by atomic mass is 10.0. The second-order valence-electron chi connectivity index (χ2n) is 2.86. The molecule has 11 heavy (non-hydrogen) atoms. The molecule has 0 aliphatic carbocycles.